The van der Waals surface area contributed by atoms with Crippen molar-refractivity contribution in [3.63, 3.8) is 0 Å². The van der Waals surface area contributed by atoms with E-state index in [1.54, 1.807) is 0 Å². The minimum Gasteiger partial charge on any atom is -0.512 e. The van der Waals surface area contributed by atoms with E-state index < -0.39 is 0 Å². The van der Waals surface area contributed by atoms with Crippen LogP contribution in [0.4, 0.5) is 0 Å². The van der Waals surface area contributed by atoms with Crippen LogP contribution >= 0.6 is 0 Å². The Morgan fingerprint density at radius 1 is 0.935 bits per heavy atom. The number of aliphatic hydroxyl groups is 1. The summed E-state index contributed by atoms with van der Waals surface area (Å²) in [6, 6.07) is 0. The molecule has 0 aromatic carbocycles. The van der Waals surface area contributed by atoms with Gasteiger partial charge in [0.2, 0.25) is 0 Å². The van der Waals surface area contributed by atoms with Crippen molar-refractivity contribution in [3.8, 4) is 0 Å². The summed E-state index contributed by atoms with van der Waals surface area (Å²) in [5.41, 5.74) is 9.51. The van der Waals surface area contributed by atoms with Gasteiger partial charge in [-0.3, -0.25) is 0 Å². The maximum absolute atomic E-state index is 10.7. The second-order valence-electron chi connectivity index (χ2n) is 13.9. The fourth-order valence-electron chi connectivity index (χ4n) is 10.8. The first-order chi connectivity index (χ1) is 14.3. The first-order valence-corrected chi connectivity index (χ1v) is 13.2. The van der Waals surface area contributed by atoms with Gasteiger partial charge in [-0.1, -0.05) is 46.8 Å². The Bertz CT molecular complexity index is 827. The van der Waals surface area contributed by atoms with Crippen molar-refractivity contribution in [2.24, 2.45) is 57.0 Å². The van der Waals surface area contributed by atoms with Crippen LogP contribution in [0.15, 0.2) is 24.0 Å². The van der Waals surface area contributed by atoms with E-state index in [0.29, 0.717) is 34.3 Å². The van der Waals surface area contributed by atoms with E-state index >= 15 is 0 Å². The number of hydrogen-bond donors (Lipinski definition) is 2. The van der Waals surface area contributed by atoms with Gasteiger partial charge in [-0.25, -0.2) is 0 Å². The lowest BCUT2D eigenvalue weighted by atomic mass is 9.33. The molecular weight excluding hydrogens is 378 g/mol. The third-order valence-corrected chi connectivity index (χ3v) is 12.7. The molecule has 2 nitrogen and oxygen atoms in total. The van der Waals surface area contributed by atoms with E-state index in [-0.39, 0.29) is 16.4 Å². The molecular formula is C29H47NO. The number of fused-ring (bicyclic) bond motifs is 7. The average molecular weight is 426 g/mol. The van der Waals surface area contributed by atoms with E-state index in [0.717, 1.165) is 18.3 Å². The molecule has 0 radical (unpaired) electrons. The zero-order valence-electron chi connectivity index (χ0n) is 21.1. The topological polar surface area (TPSA) is 46.2 Å². The molecule has 0 spiro atoms. The number of allylic oxidation sites excluding steroid dienone is 3. The Balaban J connectivity index is 1.56. The predicted octanol–water partition coefficient (Wildman–Crippen LogP) is 7.41. The van der Waals surface area contributed by atoms with Crippen molar-refractivity contribution < 1.29 is 5.11 Å². The maximum Gasteiger partial charge on any atom is 0.0942 e. The molecule has 174 valence electrons. The third-order valence-electron chi connectivity index (χ3n) is 12.7. The molecule has 5 aliphatic rings. The van der Waals surface area contributed by atoms with Crippen molar-refractivity contribution in [3.05, 3.63) is 24.0 Å². The van der Waals surface area contributed by atoms with Gasteiger partial charge in [0.25, 0.3) is 0 Å². The molecule has 0 saturated heterocycles. The third kappa shape index (κ3) is 2.55. The van der Waals surface area contributed by atoms with Gasteiger partial charge in [-0.15, -0.1) is 0 Å². The number of nitrogens with two attached hydrogens (primary N) is 1. The molecule has 0 aliphatic heterocycles. The normalized spacial score (nSPS) is 55.3. The van der Waals surface area contributed by atoms with Crippen molar-refractivity contribution in [1.29, 1.82) is 0 Å². The fraction of sp³-hybridized carbons (Fsp3) is 0.862. The second kappa shape index (κ2) is 6.43. The zero-order chi connectivity index (χ0) is 22.6. The Morgan fingerprint density at radius 3 is 2.32 bits per heavy atom. The predicted molar refractivity (Wildman–Crippen MR) is 130 cm³/mol. The first kappa shape index (κ1) is 22.1. The summed E-state index contributed by atoms with van der Waals surface area (Å²) in [5.74, 6) is 3.93. The Labute approximate surface area is 191 Å². The molecule has 4 saturated carbocycles. The van der Waals surface area contributed by atoms with Crippen LogP contribution in [0, 0.1) is 51.2 Å². The highest BCUT2D eigenvalue weighted by Gasteiger charge is 2.70. The molecule has 9 atom stereocenters. The van der Waals surface area contributed by atoms with E-state index in [4.69, 9.17) is 5.73 Å². The SMILES string of the molecule is C=C(C)C1CC[C@]2(N)CC[C@]3(C)[C@H](CC[C@@H]4[C@@]5(C)CC=C(O)C(C)(C)[C@@H]5CC[C@]43C)[C@@H]12. The molecule has 4 fully saturated rings. The van der Waals surface area contributed by atoms with Gasteiger partial charge in [-0.2, -0.15) is 0 Å². The second-order valence-corrected chi connectivity index (χ2v) is 13.9. The minimum atomic E-state index is -0.0957. The van der Waals surface area contributed by atoms with Crippen LogP contribution < -0.4 is 5.73 Å². The average Bonchev–Trinajstić information content (AvgIpc) is 3.04. The molecule has 0 amide bonds. The van der Waals surface area contributed by atoms with Crippen LogP contribution in [0.3, 0.4) is 0 Å². The van der Waals surface area contributed by atoms with Gasteiger partial charge in [-0.05, 0) is 117 Å². The summed E-state index contributed by atoms with van der Waals surface area (Å²) in [6.07, 6.45) is 13.4. The highest BCUT2D eigenvalue weighted by molar-refractivity contribution is 5.25. The monoisotopic (exact) mass is 425 g/mol. The highest BCUT2D eigenvalue weighted by Crippen LogP contribution is 2.76. The van der Waals surface area contributed by atoms with Gasteiger partial charge in [0.15, 0.2) is 0 Å². The molecule has 5 rings (SSSR count). The van der Waals surface area contributed by atoms with Crippen LogP contribution in [0.2, 0.25) is 0 Å². The van der Waals surface area contributed by atoms with Crippen molar-refractivity contribution >= 4 is 0 Å². The smallest absolute Gasteiger partial charge is 0.0942 e. The molecule has 0 aromatic rings. The summed E-state index contributed by atoms with van der Waals surface area (Å²) in [4.78, 5) is 0. The Kier molecular flexibility index (Phi) is 4.57. The molecule has 0 aromatic heterocycles. The number of rotatable bonds is 1. The molecule has 5 aliphatic carbocycles. The molecule has 2 heteroatoms. The van der Waals surface area contributed by atoms with E-state index in [1.165, 1.54) is 56.9 Å². The minimum absolute atomic E-state index is 0.0411. The molecule has 31 heavy (non-hydrogen) atoms. The molecule has 0 bridgehead atoms. The van der Waals surface area contributed by atoms with Crippen LogP contribution in [0.5, 0.6) is 0 Å². The molecule has 3 N–H and O–H groups in total. The van der Waals surface area contributed by atoms with Crippen LogP contribution in [0.1, 0.15) is 99.3 Å². The lowest BCUT2D eigenvalue weighted by Gasteiger charge is -2.72. The lowest BCUT2D eigenvalue weighted by molar-refractivity contribution is -0.221. The summed E-state index contributed by atoms with van der Waals surface area (Å²) >= 11 is 0. The largest absolute Gasteiger partial charge is 0.512 e. The van der Waals surface area contributed by atoms with Gasteiger partial charge in [0.05, 0.1) is 5.76 Å². The Hall–Kier alpha value is -0.760. The quantitative estimate of drug-likeness (QED) is 0.430. The van der Waals surface area contributed by atoms with Crippen molar-refractivity contribution in [2.45, 2.75) is 105 Å². The summed E-state index contributed by atoms with van der Waals surface area (Å²) < 4.78 is 0. The van der Waals surface area contributed by atoms with E-state index in [1.807, 2.05) is 0 Å². The molecule has 1 unspecified atom stereocenters. The van der Waals surface area contributed by atoms with Crippen molar-refractivity contribution in [2.75, 3.05) is 0 Å². The molecule has 0 heterocycles. The number of aliphatic hydroxyl groups excluding tert-OH is 1. The standard InChI is InChI=1S/C29H47NO/c1-18(2)19-10-15-29(30)17-16-27(6)20(24(19)29)8-9-22-26(5)13-12-23(31)25(3,4)21(26)11-14-28(22,27)7/h12,19-22,24,31H,1,8-11,13-17,30H2,2-7H3/t19?,20-,21+,22-,24-,26+,27-,28-,29+/m1/s1. The Morgan fingerprint density at radius 2 is 1.65 bits per heavy atom. The summed E-state index contributed by atoms with van der Waals surface area (Å²) in [5, 5.41) is 10.7. The van der Waals surface area contributed by atoms with Gasteiger partial charge in [0.1, 0.15) is 0 Å². The van der Waals surface area contributed by atoms with E-state index in [9.17, 15) is 5.11 Å². The van der Waals surface area contributed by atoms with Crippen LogP contribution in [-0.4, -0.2) is 10.6 Å². The lowest BCUT2D eigenvalue weighted by Crippen LogP contribution is -2.67. The fourth-order valence-corrected chi connectivity index (χ4v) is 10.8. The van der Waals surface area contributed by atoms with Gasteiger partial charge < -0.3 is 10.8 Å². The summed E-state index contributed by atoms with van der Waals surface area (Å²) in [7, 11) is 0. The zero-order valence-corrected chi connectivity index (χ0v) is 21.1. The van der Waals surface area contributed by atoms with Crippen LogP contribution in [-0.2, 0) is 0 Å². The first-order valence-electron chi connectivity index (χ1n) is 13.2. The van der Waals surface area contributed by atoms with Gasteiger partial charge in [0, 0.05) is 11.0 Å². The van der Waals surface area contributed by atoms with Crippen molar-refractivity contribution in [1.82, 2.24) is 0 Å². The highest BCUT2D eigenvalue weighted by atomic mass is 16.3. The maximum atomic E-state index is 10.7. The number of hydrogen-bond acceptors (Lipinski definition) is 2. The van der Waals surface area contributed by atoms with Crippen LogP contribution in [0.25, 0.3) is 0 Å². The van der Waals surface area contributed by atoms with E-state index in [2.05, 4.69) is 54.2 Å². The van der Waals surface area contributed by atoms with Gasteiger partial charge >= 0.3 is 0 Å². The summed E-state index contributed by atoms with van der Waals surface area (Å²) in [6.45, 7) is 19.2.